The molecule has 0 saturated heterocycles. The quantitative estimate of drug-likeness (QED) is 0.459. The fourth-order valence-corrected chi connectivity index (χ4v) is 4.05. The number of hydrogen-bond donors (Lipinski definition) is 3. The molecule has 0 radical (unpaired) electrons. The molecule has 1 unspecified atom stereocenters. The van der Waals surface area contributed by atoms with E-state index in [9.17, 15) is 17.9 Å². The summed E-state index contributed by atoms with van der Waals surface area (Å²) in [5.74, 6) is -0.383. The van der Waals surface area contributed by atoms with Crippen molar-refractivity contribution < 1.29 is 17.9 Å². The van der Waals surface area contributed by atoms with Gasteiger partial charge in [0.1, 0.15) is 5.82 Å². The van der Waals surface area contributed by atoms with Crippen molar-refractivity contribution in [2.75, 3.05) is 5.32 Å². The van der Waals surface area contributed by atoms with Crippen LogP contribution < -0.4 is 5.32 Å². The second-order valence-electron chi connectivity index (χ2n) is 6.06. The molecular formula is C19H16FN3O3S. The van der Waals surface area contributed by atoms with E-state index in [4.69, 9.17) is 0 Å². The first kappa shape index (κ1) is 17.3. The fourth-order valence-electron chi connectivity index (χ4n) is 2.80. The number of halogens is 1. The smallest absolute Gasteiger partial charge is 0.267 e. The van der Waals surface area contributed by atoms with Crippen LogP contribution in [0.4, 0.5) is 10.1 Å². The molecule has 27 heavy (non-hydrogen) atoms. The number of aromatic amines is 1. The van der Waals surface area contributed by atoms with E-state index in [1.165, 1.54) is 48.8 Å². The molecule has 1 atom stereocenters. The first-order valence-electron chi connectivity index (χ1n) is 8.14. The number of hydrogen-bond acceptors (Lipinski definition) is 4. The van der Waals surface area contributed by atoms with Gasteiger partial charge in [-0.25, -0.2) is 16.8 Å². The Balaban J connectivity index is 1.59. The van der Waals surface area contributed by atoms with Crippen LogP contribution in [0, 0.1) is 5.82 Å². The monoisotopic (exact) mass is 385 g/mol. The Hall–Kier alpha value is -3.10. The van der Waals surface area contributed by atoms with E-state index < -0.39 is 16.3 Å². The van der Waals surface area contributed by atoms with E-state index in [0.29, 0.717) is 11.3 Å². The largest absolute Gasteiger partial charge is 0.369 e. The number of fused-ring (bicyclic) bond motifs is 1. The van der Waals surface area contributed by atoms with Crippen molar-refractivity contribution in [3.05, 3.63) is 84.6 Å². The minimum Gasteiger partial charge on any atom is -0.369 e. The molecule has 2 heterocycles. The van der Waals surface area contributed by atoms with Crippen LogP contribution in [0.2, 0.25) is 0 Å². The Morgan fingerprint density at radius 2 is 1.85 bits per heavy atom. The minimum absolute atomic E-state index is 0.151. The predicted molar refractivity (Wildman–Crippen MR) is 100 cm³/mol. The number of nitrogens with one attached hydrogen (secondary N) is 2. The van der Waals surface area contributed by atoms with Crippen molar-refractivity contribution in [2.45, 2.75) is 11.1 Å². The highest BCUT2D eigenvalue weighted by Gasteiger charge is 2.19. The lowest BCUT2D eigenvalue weighted by atomic mass is 10.2. The number of aliphatic hydroxyl groups excluding tert-OH is 1. The molecular weight excluding hydrogens is 369 g/mol. The van der Waals surface area contributed by atoms with Gasteiger partial charge in [0.15, 0.2) is 6.23 Å². The maximum atomic E-state index is 13.0. The molecule has 0 aliphatic heterocycles. The summed E-state index contributed by atoms with van der Waals surface area (Å²) in [5.41, 5.74) is 1.73. The van der Waals surface area contributed by atoms with Crippen molar-refractivity contribution in [1.82, 2.24) is 8.96 Å². The molecule has 2 aromatic carbocycles. The van der Waals surface area contributed by atoms with Crippen molar-refractivity contribution in [3.8, 4) is 0 Å². The second kappa shape index (κ2) is 6.57. The molecule has 6 nitrogen and oxygen atoms in total. The van der Waals surface area contributed by atoms with Gasteiger partial charge in [-0.15, -0.1) is 0 Å². The van der Waals surface area contributed by atoms with E-state index in [2.05, 4.69) is 10.3 Å². The zero-order valence-electron chi connectivity index (χ0n) is 14.0. The van der Waals surface area contributed by atoms with E-state index in [0.717, 1.165) is 14.9 Å². The zero-order chi connectivity index (χ0) is 19.0. The van der Waals surface area contributed by atoms with E-state index in [1.807, 2.05) is 0 Å². The van der Waals surface area contributed by atoms with Crippen LogP contribution in [0.3, 0.4) is 0 Å². The van der Waals surface area contributed by atoms with Crippen molar-refractivity contribution in [2.24, 2.45) is 0 Å². The SMILES string of the molecule is O=S(=O)(c1ccc2[nH]ccc2c1)n1ccc(C(O)Nc2ccc(F)cc2)c1. The zero-order valence-corrected chi connectivity index (χ0v) is 14.8. The van der Waals surface area contributed by atoms with Crippen molar-refractivity contribution in [1.29, 1.82) is 0 Å². The summed E-state index contributed by atoms with van der Waals surface area (Å²) >= 11 is 0. The van der Waals surface area contributed by atoms with Gasteiger partial charge >= 0.3 is 0 Å². The van der Waals surface area contributed by atoms with Gasteiger partial charge < -0.3 is 15.4 Å². The number of aliphatic hydroxyl groups is 1. The number of nitrogens with zero attached hydrogens (tertiary/aromatic N) is 1. The molecule has 4 aromatic rings. The van der Waals surface area contributed by atoms with Gasteiger partial charge in [-0.05, 0) is 54.6 Å². The summed E-state index contributed by atoms with van der Waals surface area (Å²) in [5, 5.41) is 13.9. The molecule has 0 saturated carbocycles. The minimum atomic E-state index is -3.79. The Morgan fingerprint density at radius 3 is 2.63 bits per heavy atom. The van der Waals surface area contributed by atoms with Gasteiger partial charge in [0.05, 0.1) is 4.90 Å². The van der Waals surface area contributed by atoms with Crippen LogP contribution in [0.25, 0.3) is 10.9 Å². The van der Waals surface area contributed by atoms with Crippen LogP contribution in [0.15, 0.2) is 78.1 Å². The Kier molecular flexibility index (Phi) is 4.21. The van der Waals surface area contributed by atoms with E-state index in [-0.39, 0.29) is 10.7 Å². The van der Waals surface area contributed by atoms with Gasteiger partial charge in [-0.2, -0.15) is 0 Å². The molecule has 0 spiro atoms. The normalized spacial score (nSPS) is 13.0. The molecule has 4 rings (SSSR count). The number of H-pyrrole nitrogens is 1. The van der Waals surface area contributed by atoms with Crippen molar-refractivity contribution in [3.63, 3.8) is 0 Å². The van der Waals surface area contributed by atoms with Crippen LogP contribution in [-0.2, 0) is 10.0 Å². The summed E-state index contributed by atoms with van der Waals surface area (Å²) in [6, 6.07) is 13.6. The summed E-state index contributed by atoms with van der Waals surface area (Å²) in [6.45, 7) is 0. The number of aromatic nitrogens is 2. The first-order valence-corrected chi connectivity index (χ1v) is 9.58. The lowest BCUT2D eigenvalue weighted by molar-refractivity contribution is 0.208. The standard InChI is InChI=1S/C19H16FN3O3S/c20-15-1-3-16(4-2-15)22-19(24)14-8-10-23(12-14)27(25,26)17-5-6-18-13(11-17)7-9-21-18/h1-12,19,21-22,24H. The lowest BCUT2D eigenvalue weighted by Gasteiger charge is -2.13. The van der Waals surface area contributed by atoms with Crippen LogP contribution >= 0.6 is 0 Å². The molecule has 0 amide bonds. The van der Waals surface area contributed by atoms with Gasteiger partial charge in [0, 0.05) is 40.7 Å². The van der Waals surface area contributed by atoms with Gasteiger partial charge in [-0.1, -0.05) is 0 Å². The fraction of sp³-hybridized carbons (Fsp3) is 0.0526. The number of benzene rings is 2. The van der Waals surface area contributed by atoms with Crippen molar-refractivity contribution >= 4 is 26.6 Å². The third-order valence-electron chi connectivity index (χ3n) is 4.25. The predicted octanol–water partition coefficient (Wildman–Crippen LogP) is 3.45. The third-order valence-corrected chi connectivity index (χ3v) is 5.89. The average molecular weight is 385 g/mol. The average Bonchev–Trinajstić information content (AvgIpc) is 3.32. The third kappa shape index (κ3) is 3.32. The summed E-state index contributed by atoms with van der Waals surface area (Å²) in [4.78, 5) is 3.17. The van der Waals surface area contributed by atoms with Crippen LogP contribution in [0.5, 0.6) is 0 Å². The van der Waals surface area contributed by atoms with E-state index >= 15 is 0 Å². The highest BCUT2D eigenvalue weighted by molar-refractivity contribution is 7.90. The lowest BCUT2D eigenvalue weighted by Crippen LogP contribution is -2.12. The summed E-state index contributed by atoms with van der Waals surface area (Å²) < 4.78 is 39.7. The number of rotatable bonds is 5. The molecule has 8 heteroatoms. The maximum absolute atomic E-state index is 13.0. The van der Waals surface area contributed by atoms with E-state index in [1.54, 1.807) is 24.4 Å². The first-order chi connectivity index (χ1) is 12.9. The van der Waals surface area contributed by atoms with Gasteiger partial charge in [0.25, 0.3) is 10.0 Å². The topological polar surface area (TPSA) is 87.1 Å². The molecule has 138 valence electrons. The molecule has 0 fully saturated rings. The summed E-state index contributed by atoms with van der Waals surface area (Å²) in [7, 11) is -3.79. The Morgan fingerprint density at radius 1 is 1.07 bits per heavy atom. The Labute approximate surface area is 154 Å². The van der Waals surface area contributed by atoms with Gasteiger partial charge in [-0.3, -0.25) is 0 Å². The molecule has 0 aliphatic rings. The number of anilines is 1. The second-order valence-corrected chi connectivity index (χ2v) is 7.90. The highest BCUT2D eigenvalue weighted by atomic mass is 32.2. The molecule has 3 N–H and O–H groups in total. The molecule has 0 bridgehead atoms. The Bertz CT molecular complexity index is 1200. The maximum Gasteiger partial charge on any atom is 0.267 e. The molecule has 0 aliphatic carbocycles. The summed E-state index contributed by atoms with van der Waals surface area (Å²) in [6.07, 6.45) is 3.32. The van der Waals surface area contributed by atoms with Crippen LogP contribution in [0.1, 0.15) is 11.8 Å². The highest BCUT2D eigenvalue weighted by Crippen LogP contribution is 2.23. The van der Waals surface area contributed by atoms with Gasteiger partial charge in [0.2, 0.25) is 0 Å². The van der Waals surface area contributed by atoms with Crippen LogP contribution in [-0.4, -0.2) is 22.5 Å². The molecule has 2 aromatic heterocycles.